The van der Waals surface area contributed by atoms with Crippen molar-refractivity contribution in [2.75, 3.05) is 20.7 Å². The lowest BCUT2D eigenvalue weighted by molar-refractivity contribution is 0.414. The van der Waals surface area contributed by atoms with Gasteiger partial charge in [0.05, 0.1) is 12.1 Å². The maximum absolute atomic E-state index is 5.20. The number of aromatic nitrogens is 1. The van der Waals surface area contributed by atoms with Crippen LogP contribution in [-0.2, 0) is 12.8 Å². The molecule has 1 unspecified atom stereocenters. The number of thiazole rings is 1. The van der Waals surface area contributed by atoms with Gasteiger partial charge in [-0.15, -0.1) is 11.3 Å². The van der Waals surface area contributed by atoms with Crippen LogP contribution >= 0.6 is 11.3 Å². The van der Waals surface area contributed by atoms with E-state index in [-0.39, 0.29) is 0 Å². The number of hydrogen-bond acceptors (Lipinski definition) is 4. The number of methoxy groups -OCH3 is 1. The molecule has 2 rings (SSSR count). The van der Waals surface area contributed by atoms with Crippen molar-refractivity contribution in [2.45, 2.75) is 19.8 Å². The molecule has 20 heavy (non-hydrogen) atoms. The van der Waals surface area contributed by atoms with Crippen molar-refractivity contribution in [3.63, 3.8) is 0 Å². The number of hydrogen-bond donors (Lipinski definition) is 1. The average Bonchev–Trinajstić information content (AvgIpc) is 2.85. The molecule has 1 N–H and O–H groups in total. The number of nitrogens with one attached hydrogen (secondary N) is 1. The van der Waals surface area contributed by atoms with Crippen LogP contribution in [0.5, 0.6) is 5.75 Å². The van der Waals surface area contributed by atoms with Gasteiger partial charge in [0.1, 0.15) is 5.75 Å². The zero-order chi connectivity index (χ0) is 14.4. The second-order valence-electron chi connectivity index (χ2n) is 5.03. The summed E-state index contributed by atoms with van der Waals surface area (Å²) in [5.74, 6) is 1.50. The van der Waals surface area contributed by atoms with Gasteiger partial charge in [-0.2, -0.15) is 0 Å². The highest BCUT2D eigenvalue weighted by atomic mass is 32.1. The Bertz CT molecular complexity index is 522. The molecular formula is C16H22N2OS. The molecule has 108 valence electrons. The summed E-state index contributed by atoms with van der Waals surface area (Å²) in [4.78, 5) is 5.71. The van der Waals surface area contributed by atoms with Gasteiger partial charge in [-0.1, -0.05) is 12.1 Å². The van der Waals surface area contributed by atoms with Crippen LogP contribution in [0.25, 0.3) is 0 Å². The summed E-state index contributed by atoms with van der Waals surface area (Å²) in [6.45, 7) is 3.08. The third-order valence-corrected chi connectivity index (χ3v) is 4.27. The molecule has 0 saturated heterocycles. The van der Waals surface area contributed by atoms with E-state index in [1.54, 1.807) is 18.4 Å². The van der Waals surface area contributed by atoms with Gasteiger partial charge in [0.25, 0.3) is 0 Å². The smallest absolute Gasteiger partial charge is 0.118 e. The van der Waals surface area contributed by atoms with Crippen LogP contribution < -0.4 is 10.1 Å². The maximum atomic E-state index is 5.20. The molecule has 1 aromatic carbocycles. The third-order valence-electron chi connectivity index (χ3n) is 3.34. The molecule has 1 aromatic heterocycles. The fourth-order valence-corrected chi connectivity index (χ4v) is 3.29. The van der Waals surface area contributed by atoms with E-state index in [2.05, 4.69) is 29.4 Å². The van der Waals surface area contributed by atoms with E-state index < -0.39 is 0 Å². The van der Waals surface area contributed by atoms with Crippen LogP contribution in [0.4, 0.5) is 0 Å². The van der Waals surface area contributed by atoms with Crippen LogP contribution in [0, 0.1) is 12.8 Å². The molecular weight excluding hydrogens is 268 g/mol. The molecule has 1 heterocycles. The Kier molecular flexibility index (Phi) is 5.56. The highest BCUT2D eigenvalue weighted by molar-refractivity contribution is 7.11. The molecule has 0 spiro atoms. The molecule has 0 fully saturated rings. The van der Waals surface area contributed by atoms with Gasteiger partial charge >= 0.3 is 0 Å². The van der Waals surface area contributed by atoms with E-state index in [1.807, 2.05) is 25.4 Å². The Morgan fingerprint density at radius 3 is 2.55 bits per heavy atom. The number of benzene rings is 1. The van der Waals surface area contributed by atoms with Gasteiger partial charge in [-0.3, -0.25) is 0 Å². The molecule has 0 saturated carbocycles. The van der Waals surface area contributed by atoms with Gasteiger partial charge in [0.2, 0.25) is 0 Å². The molecule has 0 radical (unpaired) electrons. The van der Waals surface area contributed by atoms with Crippen molar-refractivity contribution in [1.82, 2.24) is 10.3 Å². The first kappa shape index (κ1) is 15.0. The molecule has 2 aromatic rings. The van der Waals surface area contributed by atoms with Crippen molar-refractivity contribution < 1.29 is 4.74 Å². The first-order valence-corrected chi connectivity index (χ1v) is 7.71. The number of aryl methyl sites for hydroxylation is 1. The van der Waals surface area contributed by atoms with E-state index in [1.165, 1.54) is 10.4 Å². The molecule has 1 atom stereocenters. The lowest BCUT2D eigenvalue weighted by atomic mass is 9.95. The molecule has 0 aliphatic rings. The van der Waals surface area contributed by atoms with Crippen LogP contribution in [0.15, 0.2) is 30.5 Å². The van der Waals surface area contributed by atoms with Crippen molar-refractivity contribution in [3.05, 3.63) is 45.9 Å². The average molecular weight is 290 g/mol. The summed E-state index contributed by atoms with van der Waals surface area (Å²) < 4.78 is 5.20. The summed E-state index contributed by atoms with van der Waals surface area (Å²) in [6, 6.07) is 8.37. The Morgan fingerprint density at radius 2 is 2.00 bits per heavy atom. The zero-order valence-electron chi connectivity index (χ0n) is 12.3. The summed E-state index contributed by atoms with van der Waals surface area (Å²) in [7, 11) is 3.71. The highest BCUT2D eigenvalue weighted by Crippen LogP contribution is 2.20. The fourth-order valence-electron chi connectivity index (χ4n) is 2.38. The summed E-state index contributed by atoms with van der Waals surface area (Å²) in [5, 5.41) is 4.44. The standard InChI is InChI=1S/C16H22N2OS/c1-12-18-11-16(20-12)9-14(10-17-2)8-13-4-6-15(19-3)7-5-13/h4-7,11,14,17H,8-10H2,1-3H3. The van der Waals surface area contributed by atoms with Crippen molar-refractivity contribution in [3.8, 4) is 5.75 Å². The zero-order valence-corrected chi connectivity index (χ0v) is 13.2. The number of ether oxygens (including phenoxy) is 1. The third kappa shape index (κ3) is 4.32. The summed E-state index contributed by atoms with van der Waals surface area (Å²) >= 11 is 1.80. The predicted octanol–water partition coefficient (Wildman–Crippen LogP) is 3.08. The van der Waals surface area contributed by atoms with Gasteiger partial charge in [-0.25, -0.2) is 4.98 Å². The van der Waals surface area contributed by atoms with Gasteiger partial charge < -0.3 is 10.1 Å². The van der Waals surface area contributed by atoms with E-state index in [0.29, 0.717) is 5.92 Å². The normalized spacial score (nSPS) is 12.3. The predicted molar refractivity (Wildman–Crippen MR) is 84.7 cm³/mol. The first-order valence-electron chi connectivity index (χ1n) is 6.90. The molecule has 3 nitrogen and oxygen atoms in total. The summed E-state index contributed by atoms with van der Waals surface area (Å²) in [6.07, 6.45) is 4.16. The Morgan fingerprint density at radius 1 is 1.25 bits per heavy atom. The minimum Gasteiger partial charge on any atom is -0.497 e. The van der Waals surface area contributed by atoms with Crippen LogP contribution in [-0.4, -0.2) is 25.7 Å². The minimum atomic E-state index is 0.591. The lowest BCUT2D eigenvalue weighted by Crippen LogP contribution is -2.22. The second kappa shape index (κ2) is 7.41. The van der Waals surface area contributed by atoms with Crippen molar-refractivity contribution >= 4 is 11.3 Å². The Labute approximate surface area is 125 Å². The summed E-state index contributed by atoms with van der Waals surface area (Å²) in [5.41, 5.74) is 1.35. The quantitative estimate of drug-likeness (QED) is 0.851. The molecule has 0 aliphatic heterocycles. The van der Waals surface area contributed by atoms with E-state index >= 15 is 0 Å². The van der Waals surface area contributed by atoms with Gasteiger partial charge in [0.15, 0.2) is 0 Å². The Hall–Kier alpha value is -1.39. The topological polar surface area (TPSA) is 34.1 Å². The van der Waals surface area contributed by atoms with E-state index in [4.69, 9.17) is 4.74 Å². The van der Waals surface area contributed by atoms with Gasteiger partial charge in [0, 0.05) is 11.1 Å². The van der Waals surface area contributed by atoms with Crippen molar-refractivity contribution in [1.29, 1.82) is 0 Å². The Balaban J connectivity index is 2.00. The maximum Gasteiger partial charge on any atom is 0.118 e. The van der Waals surface area contributed by atoms with Gasteiger partial charge in [-0.05, 0) is 57.0 Å². The minimum absolute atomic E-state index is 0.591. The van der Waals surface area contributed by atoms with E-state index in [0.717, 1.165) is 30.1 Å². The SMILES string of the molecule is CNCC(Cc1ccc(OC)cc1)Cc1cnc(C)s1. The first-order chi connectivity index (χ1) is 9.71. The highest BCUT2D eigenvalue weighted by Gasteiger charge is 2.12. The molecule has 0 amide bonds. The van der Waals surface area contributed by atoms with Crippen LogP contribution in [0.1, 0.15) is 15.4 Å². The van der Waals surface area contributed by atoms with E-state index in [9.17, 15) is 0 Å². The van der Waals surface area contributed by atoms with Crippen LogP contribution in [0.3, 0.4) is 0 Å². The second-order valence-corrected chi connectivity index (χ2v) is 6.34. The molecule has 0 aliphatic carbocycles. The molecule has 4 heteroatoms. The monoisotopic (exact) mass is 290 g/mol. The number of nitrogens with zero attached hydrogens (tertiary/aromatic N) is 1. The largest absolute Gasteiger partial charge is 0.497 e. The van der Waals surface area contributed by atoms with Crippen molar-refractivity contribution in [2.24, 2.45) is 5.92 Å². The molecule has 0 bridgehead atoms. The number of rotatable bonds is 7. The van der Waals surface area contributed by atoms with Crippen LogP contribution in [0.2, 0.25) is 0 Å². The fraction of sp³-hybridized carbons (Fsp3) is 0.438. The lowest BCUT2D eigenvalue weighted by Gasteiger charge is -2.16.